The van der Waals surface area contributed by atoms with E-state index in [4.69, 9.17) is 0 Å². The molecule has 0 bridgehead atoms. The summed E-state index contributed by atoms with van der Waals surface area (Å²) in [6.45, 7) is 1.17. The van der Waals surface area contributed by atoms with Gasteiger partial charge in [0.05, 0.1) is 19.1 Å². The van der Waals surface area contributed by atoms with Crippen molar-refractivity contribution in [3.8, 4) is 0 Å². The maximum Gasteiger partial charge on any atom is 0.416 e. The van der Waals surface area contributed by atoms with E-state index >= 15 is 0 Å². The molecule has 0 spiro atoms. The number of aromatic nitrogens is 1. The molecule has 0 aliphatic heterocycles. The second-order valence-corrected chi connectivity index (χ2v) is 3.73. The van der Waals surface area contributed by atoms with Crippen LogP contribution in [0.3, 0.4) is 0 Å². The van der Waals surface area contributed by atoms with Crippen LogP contribution in [-0.4, -0.2) is 18.1 Å². The third-order valence-electron chi connectivity index (χ3n) is 2.35. The van der Waals surface area contributed by atoms with Crippen molar-refractivity contribution < 1.29 is 31.5 Å². The van der Waals surface area contributed by atoms with Crippen molar-refractivity contribution in [1.29, 1.82) is 0 Å². The van der Waals surface area contributed by atoms with Gasteiger partial charge in [-0.15, -0.1) is 0 Å². The summed E-state index contributed by atoms with van der Waals surface area (Å²) in [4.78, 5) is 14.4. The number of hydrogen-bond acceptors (Lipinski definition) is 3. The van der Waals surface area contributed by atoms with Crippen LogP contribution in [0.2, 0.25) is 0 Å². The first kappa shape index (κ1) is 15.3. The van der Waals surface area contributed by atoms with E-state index in [1.54, 1.807) is 0 Å². The fourth-order valence-corrected chi connectivity index (χ4v) is 1.56. The number of halogens is 5. The summed E-state index contributed by atoms with van der Waals surface area (Å²) in [5.41, 5.74) is -3.38. The Morgan fingerprint density at radius 3 is 2.42 bits per heavy atom. The maximum atomic E-state index is 12.8. The zero-order chi connectivity index (χ0) is 14.8. The summed E-state index contributed by atoms with van der Waals surface area (Å²) in [7, 11) is 0.958. The fraction of sp³-hybridized carbons (Fsp3) is 0.455. The highest BCUT2D eigenvalue weighted by molar-refractivity contribution is 5.73. The molecule has 0 saturated heterocycles. The Morgan fingerprint density at radius 1 is 1.42 bits per heavy atom. The van der Waals surface area contributed by atoms with Crippen LogP contribution in [0.1, 0.15) is 28.9 Å². The van der Waals surface area contributed by atoms with Crippen LogP contribution in [0.15, 0.2) is 6.07 Å². The number of alkyl halides is 5. The normalized spacial score (nSPS) is 11.8. The van der Waals surface area contributed by atoms with Crippen molar-refractivity contribution in [3.05, 3.63) is 28.6 Å². The quantitative estimate of drug-likeness (QED) is 0.632. The van der Waals surface area contributed by atoms with Gasteiger partial charge in [0.25, 0.3) is 6.43 Å². The fourth-order valence-electron chi connectivity index (χ4n) is 1.56. The summed E-state index contributed by atoms with van der Waals surface area (Å²) < 4.78 is 68.1. The zero-order valence-electron chi connectivity index (χ0n) is 10.0. The molecule has 1 heterocycles. The molecular weight excluding hydrogens is 273 g/mol. The predicted octanol–water partition coefficient (Wildman–Crippen LogP) is 3.06. The Morgan fingerprint density at radius 2 is 2.00 bits per heavy atom. The molecule has 0 amide bonds. The van der Waals surface area contributed by atoms with Crippen LogP contribution >= 0.6 is 0 Å². The van der Waals surface area contributed by atoms with Crippen LogP contribution in [0, 0.1) is 6.92 Å². The molecule has 0 aliphatic rings. The van der Waals surface area contributed by atoms with E-state index in [0.717, 1.165) is 7.11 Å². The number of ether oxygens (including phenoxy) is 1. The van der Waals surface area contributed by atoms with E-state index in [9.17, 15) is 26.7 Å². The molecule has 0 radical (unpaired) electrons. The average Bonchev–Trinajstić information content (AvgIpc) is 2.28. The molecule has 0 fully saturated rings. The van der Waals surface area contributed by atoms with Gasteiger partial charge >= 0.3 is 12.1 Å². The first-order valence-electron chi connectivity index (χ1n) is 5.09. The van der Waals surface area contributed by atoms with Gasteiger partial charge in [0, 0.05) is 11.3 Å². The number of carbonyl (C=O) groups is 1. The van der Waals surface area contributed by atoms with E-state index in [-0.39, 0.29) is 5.69 Å². The highest BCUT2D eigenvalue weighted by atomic mass is 19.4. The lowest BCUT2D eigenvalue weighted by Gasteiger charge is -2.16. The molecule has 0 atom stereocenters. The highest BCUT2D eigenvalue weighted by Crippen LogP contribution is 2.36. The standard InChI is InChI=1S/C11H10F5NO2/c1-5-3-7(11(14,15)16)6(4-8(18)19-2)9(17-5)10(12)13/h3,10H,4H2,1-2H3. The van der Waals surface area contributed by atoms with Gasteiger partial charge < -0.3 is 4.74 Å². The lowest BCUT2D eigenvalue weighted by molar-refractivity contribution is -0.141. The topological polar surface area (TPSA) is 39.2 Å². The van der Waals surface area contributed by atoms with Crippen LogP contribution in [0.5, 0.6) is 0 Å². The Balaban J connectivity index is 3.47. The van der Waals surface area contributed by atoms with Crippen molar-refractivity contribution >= 4 is 5.97 Å². The Labute approximate surface area is 105 Å². The molecule has 0 aromatic carbocycles. The van der Waals surface area contributed by atoms with E-state index in [2.05, 4.69) is 9.72 Å². The van der Waals surface area contributed by atoms with Gasteiger partial charge in [-0.05, 0) is 13.0 Å². The molecule has 0 saturated carbocycles. The second kappa shape index (κ2) is 5.50. The molecule has 3 nitrogen and oxygen atoms in total. The smallest absolute Gasteiger partial charge is 0.416 e. The molecule has 1 aromatic rings. The van der Waals surface area contributed by atoms with Gasteiger partial charge in [0.1, 0.15) is 5.69 Å². The van der Waals surface area contributed by atoms with Gasteiger partial charge in [0.15, 0.2) is 0 Å². The minimum absolute atomic E-state index is 0.198. The molecule has 106 valence electrons. The van der Waals surface area contributed by atoms with Gasteiger partial charge in [-0.2, -0.15) is 13.2 Å². The highest BCUT2D eigenvalue weighted by Gasteiger charge is 2.37. The number of pyridine rings is 1. The SMILES string of the molecule is COC(=O)Cc1c(C(F)(F)F)cc(C)nc1C(F)F. The molecule has 1 aromatic heterocycles. The van der Waals surface area contributed by atoms with Crippen molar-refractivity contribution in [3.63, 3.8) is 0 Å². The number of nitrogens with zero attached hydrogens (tertiary/aromatic N) is 1. The zero-order valence-corrected chi connectivity index (χ0v) is 10.0. The van der Waals surface area contributed by atoms with Crippen LogP contribution in [0.4, 0.5) is 22.0 Å². The minimum atomic E-state index is -4.85. The van der Waals surface area contributed by atoms with E-state index < -0.39 is 41.8 Å². The summed E-state index contributed by atoms with van der Waals surface area (Å²) in [6, 6.07) is 0.629. The Kier molecular flexibility index (Phi) is 4.43. The number of aryl methyl sites for hydroxylation is 1. The third-order valence-corrected chi connectivity index (χ3v) is 2.35. The van der Waals surface area contributed by atoms with Crippen molar-refractivity contribution in [2.75, 3.05) is 7.11 Å². The number of esters is 1. The number of hydrogen-bond donors (Lipinski definition) is 0. The van der Waals surface area contributed by atoms with Crippen molar-refractivity contribution in [2.45, 2.75) is 25.9 Å². The summed E-state index contributed by atoms with van der Waals surface area (Å²) in [5, 5.41) is 0. The Hall–Kier alpha value is -1.73. The van der Waals surface area contributed by atoms with Crippen LogP contribution in [0.25, 0.3) is 0 Å². The summed E-state index contributed by atoms with van der Waals surface area (Å²) >= 11 is 0. The summed E-state index contributed by atoms with van der Waals surface area (Å²) in [5.74, 6) is -1.04. The largest absolute Gasteiger partial charge is 0.469 e. The lowest BCUT2D eigenvalue weighted by Crippen LogP contribution is -2.17. The van der Waals surface area contributed by atoms with E-state index in [0.29, 0.717) is 6.07 Å². The molecular formula is C11H10F5NO2. The summed E-state index contributed by atoms with van der Waals surface area (Å²) in [6.07, 6.45) is -8.96. The number of methoxy groups -OCH3 is 1. The van der Waals surface area contributed by atoms with E-state index in [1.165, 1.54) is 6.92 Å². The monoisotopic (exact) mass is 283 g/mol. The van der Waals surface area contributed by atoms with Gasteiger partial charge in [-0.3, -0.25) is 9.78 Å². The van der Waals surface area contributed by atoms with Crippen molar-refractivity contribution in [2.24, 2.45) is 0 Å². The Bertz CT molecular complexity index is 485. The van der Waals surface area contributed by atoms with Crippen LogP contribution < -0.4 is 0 Å². The number of carbonyl (C=O) groups excluding carboxylic acids is 1. The molecule has 19 heavy (non-hydrogen) atoms. The first-order valence-corrected chi connectivity index (χ1v) is 5.09. The van der Waals surface area contributed by atoms with Gasteiger partial charge in [-0.1, -0.05) is 0 Å². The molecule has 0 N–H and O–H groups in total. The van der Waals surface area contributed by atoms with Gasteiger partial charge in [0.2, 0.25) is 0 Å². The lowest BCUT2D eigenvalue weighted by atomic mass is 10.0. The maximum absolute atomic E-state index is 12.8. The second-order valence-electron chi connectivity index (χ2n) is 3.73. The van der Waals surface area contributed by atoms with E-state index in [1.807, 2.05) is 0 Å². The number of rotatable bonds is 3. The molecule has 0 unspecified atom stereocenters. The first-order chi connectivity index (χ1) is 8.66. The molecule has 8 heteroatoms. The molecule has 0 aliphatic carbocycles. The third kappa shape index (κ3) is 3.62. The van der Waals surface area contributed by atoms with Gasteiger partial charge in [-0.25, -0.2) is 8.78 Å². The average molecular weight is 283 g/mol. The minimum Gasteiger partial charge on any atom is -0.469 e. The molecule has 1 rings (SSSR count). The van der Waals surface area contributed by atoms with Crippen LogP contribution in [-0.2, 0) is 22.1 Å². The van der Waals surface area contributed by atoms with Crippen molar-refractivity contribution in [1.82, 2.24) is 4.98 Å². The predicted molar refractivity (Wildman–Crippen MR) is 54.7 cm³/mol.